The van der Waals surface area contributed by atoms with Gasteiger partial charge < -0.3 is 10.2 Å². The largest absolute Gasteiger partial charge is 0.367 e. The molecule has 3 aromatic rings. The van der Waals surface area contributed by atoms with Crippen LogP contribution in [-0.2, 0) is 6.54 Å². The number of fused-ring (bicyclic) bond motifs is 1. The standard InChI is InChI=1S/C23H27Cl2N5/c1-16(2)14-26-22-23(28-21-6-4-3-5-20(21)27-22)30-11-9-29(10-12-30)15-17-13-18(24)7-8-19(17)25/h3-8,13,16H,9-12,14-15H2,1-2H3,(H,26,27). The number of hydrogen-bond donors (Lipinski definition) is 1. The molecule has 0 aliphatic carbocycles. The molecule has 0 unspecified atom stereocenters. The van der Waals surface area contributed by atoms with Crippen LogP contribution in [0, 0.1) is 5.92 Å². The van der Waals surface area contributed by atoms with Gasteiger partial charge in [0.15, 0.2) is 11.6 Å². The molecule has 1 saturated heterocycles. The van der Waals surface area contributed by atoms with Gasteiger partial charge in [-0.25, -0.2) is 9.97 Å². The maximum Gasteiger partial charge on any atom is 0.172 e. The van der Waals surface area contributed by atoms with Gasteiger partial charge in [0.1, 0.15) is 0 Å². The zero-order valence-electron chi connectivity index (χ0n) is 17.4. The summed E-state index contributed by atoms with van der Waals surface area (Å²) in [5.74, 6) is 2.34. The van der Waals surface area contributed by atoms with Crippen molar-refractivity contribution in [1.29, 1.82) is 0 Å². The van der Waals surface area contributed by atoms with E-state index in [1.165, 1.54) is 0 Å². The normalized spacial score (nSPS) is 15.2. The number of nitrogens with zero attached hydrogens (tertiary/aromatic N) is 4. The van der Waals surface area contributed by atoms with E-state index in [9.17, 15) is 0 Å². The highest BCUT2D eigenvalue weighted by Gasteiger charge is 2.22. The number of anilines is 2. The smallest absolute Gasteiger partial charge is 0.172 e. The molecule has 0 amide bonds. The molecular weight excluding hydrogens is 417 g/mol. The molecule has 0 atom stereocenters. The van der Waals surface area contributed by atoms with Crippen LogP contribution < -0.4 is 10.2 Å². The highest BCUT2D eigenvalue weighted by molar-refractivity contribution is 6.33. The Bertz CT molecular complexity index is 1020. The molecule has 0 spiro atoms. The second-order valence-corrected chi connectivity index (χ2v) is 9.00. The highest BCUT2D eigenvalue weighted by atomic mass is 35.5. The molecular formula is C23H27Cl2N5. The predicted molar refractivity (Wildman–Crippen MR) is 127 cm³/mol. The first kappa shape index (κ1) is 21.2. The summed E-state index contributed by atoms with van der Waals surface area (Å²) in [4.78, 5) is 14.6. The summed E-state index contributed by atoms with van der Waals surface area (Å²) in [5, 5.41) is 4.99. The van der Waals surface area contributed by atoms with E-state index in [1.54, 1.807) is 0 Å². The summed E-state index contributed by atoms with van der Waals surface area (Å²) < 4.78 is 0. The van der Waals surface area contributed by atoms with Gasteiger partial charge in [0.2, 0.25) is 0 Å². The van der Waals surface area contributed by atoms with Crippen LogP contribution in [0.1, 0.15) is 19.4 Å². The van der Waals surface area contributed by atoms with Crippen LogP contribution in [0.4, 0.5) is 11.6 Å². The van der Waals surface area contributed by atoms with Gasteiger partial charge >= 0.3 is 0 Å². The van der Waals surface area contributed by atoms with Crippen molar-refractivity contribution < 1.29 is 0 Å². The molecule has 2 heterocycles. The summed E-state index contributed by atoms with van der Waals surface area (Å²) in [6.45, 7) is 9.70. The average Bonchev–Trinajstić information content (AvgIpc) is 2.75. The van der Waals surface area contributed by atoms with E-state index in [1.807, 2.05) is 42.5 Å². The minimum atomic E-state index is 0.533. The number of piperazine rings is 1. The molecule has 1 aliphatic rings. The number of hydrogen-bond acceptors (Lipinski definition) is 5. The maximum absolute atomic E-state index is 6.35. The Hall–Kier alpha value is -2.08. The van der Waals surface area contributed by atoms with E-state index in [4.69, 9.17) is 33.2 Å². The van der Waals surface area contributed by atoms with Crippen LogP contribution in [0.25, 0.3) is 11.0 Å². The number of aromatic nitrogens is 2. The Morgan fingerprint density at radius 1 is 0.967 bits per heavy atom. The fourth-order valence-corrected chi connectivity index (χ4v) is 4.03. The molecule has 7 heteroatoms. The molecule has 158 valence electrons. The summed E-state index contributed by atoms with van der Waals surface area (Å²) in [5.41, 5.74) is 2.92. The van der Waals surface area contributed by atoms with Crippen LogP contribution in [-0.4, -0.2) is 47.6 Å². The fraction of sp³-hybridized carbons (Fsp3) is 0.391. The van der Waals surface area contributed by atoms with Crippen LogP contribution in [0.15, 0.2) is 42.5 Å². The van der Waals surface area contributed by atoms with Crippen molar-refractivity contribution in [3.8, 4) is 0 Å². The SMILES string of the molecule is CC(C)CNc1nc2ccccc2nc1N1CCN(Cc2cc(Cl)ccc2Cl)CC1. The third kappa shape index (κ3) is 4.97. The van der Waals surface area contributed by atoms with Crippen molar-refractivity contribution in [1.82, 2.24) is 14.9 Å². The van der Waals surface area contributed by atoms with Crippen molar-refractivity contribution in [2.45, 2.75) is 20.4 Å². The summed E-state index contributed by atoms with van der Waals surface area (Å²) in [6.07, 6.45) is 0. The van der Waals surface area contributed by atoms with Gasteiger partial charge in [-0.3, -0.25) is 4.90 Å². The zero-order valence-corrected chi connectivity index (χ0v) is 18.9. The monoisotopic (exact) mass is 443 g/mol. The lowest BCUT2D eigenvalue weighted by Gasteiger charge is -2.36. The first-order valence-corrected chi connectivity index (χ1v) is 11.2. The van der Waals surface area contributed by atoms with Gasteiger partial charge in [0, 0.05) is 49.3 Å². The Kier molecular flexibility index (Phi) is 6.61. The van der Waals surface area contributed by atoms with Crippen LogP contribution in [0.2, 0.25) is 10.0 Å². The molecule has 4 rings (SSSR count). The summed E-state index contributed by atoms with van der Waals surface area (Å²) >= 11 is 12.5. The zero-order chi connectivity index (χ0) is 21.1. The van der Waals surface area contributed by atoms with Crippen LogP contribution in [0.5, 0.6) is 0 Å². The van der Waals surface area contributed by atoms with Gasteiger partial charge in [-0.05, 0) is 41.8 Å². The van der Waals surface area contributed by atoms with Crippen molar-refractivity contribution in [2.24, 2.45) is 5.92 Å². The minimum Gasteiger partial charge on any atom is -0.367 e. The molecule has 0 saturated carbocycles. The number of benzene rings is 2. The Morgan fingerprint density at radius 2 is 1.67 bits per heavy atom. The van der Waals surface area contributed by atoms with Gasteiger partial charge in [-0.1, -0.05) is 49.2 Å². The number of halogens is 2. The fourth-order valence-electron chi connectivity index (χ4n) is 3.65. The number of nitrogens with one attached hydrogen (secondary N) is 1. The third-order valence-corrected chi connectivity index (χ3v) is 5.91. The van der Waals surface area contributed by atoms with Gasteiger partial charge in [0.05, 0.1) is 11.0 Å². The number of rotatable bonds is 6. The molecule has 1 aromatic heterocycles. The second-order valence-electron chi connectivity index (χ2n) is 8.16. The Balaban J connectivity index is 1.50. The second kappa shape index (κ2) is 9.38. The predicted octanol–water partition coefficient (Wildman–Crippen LogP) is 5.33. The summed E-state index contributed by atoms with van der Waals surface area (Å²) in [6, 6.07) is 13.7. The van der Waals surface area contributed by atoms with Gasteiger partial charge in [-0.15, -0.1) is 0 Å². The van der Waals surface area contributed by atoms with Crippen molar-refractivity contribution >= 4 is 45.9 Å². The lowest BCUT2D eigenvalue weighted by molar-refractivity contribution is 0.249. The maximum atomic E-state index is 6.35. The lowest BCUT2D eigenvalue weighted by Crippen LogP contribution is -2.46. The topological polar surface area (TPSA) is 44.3 Å². The van der Waals surface area contributed by atoms with Gasteiger partial charge in [0.25, 0.3) is 0 Å². The van der Waals surface area contributed by atoms with Crippen molar-refractivity contribution in [3.05, 3.63) is 58.1 Å². The van der Waals surface area contributed by atoms with Gasteiger partial charge in [-0.2, -0.15) is 0 Å². The molecule has 5 nitrogen and oxygen atoms in total. The molecule has 30 heavy (non-hydrogen) atoms. The molecule has 1 fully saturated rings. The van der Waals surface area contributed by atoms with E-state index in [-0.39, 0.29) is 0 Å². The summed E-state index contributed by atoms with van der Waals surface area (Å²) in [7, 11) is 0. The molecule has 2 aromatic carbocycles. The van der Waals surface area contributed by atoms with E-state index in [2.05, 4.69) is 29.0 Å². The van der Waals surface area contributed by atoms with E-state index in [0.29, 0.717) is 5.92 Å². The molecule has 1 aliphatic heterocycles. The molecule has 0 bridgehead atoms. The Morgan fingerprint density at radius 3 is 2.37 bits per heavy atom. The number of para-hydroxylation sites is 2. The van der Waals surface area contributed by atoms with E-state index in [0.717, 1.165) is 77.5 Å². The Labute approximate surface area is 188 Å². The van der Waals surface area contributed by atoms with Crippen LogP contribution >= 0.6 is 23.2 Å². The quantitative estimate of drug-likeness (QED) is 0.557. The lowest BCUT2D eigenvalue weighted by atomic mass is 10.2. The third-order valence-electron chi connectivity index (χ3n) is 5.30. The molecule has 1 N–H and O–H groups in total. The highest BCUT2D eigenvalue weighted by Crippen LogP contribution is 2.27. The van der Waals surface area contributed by atoms with E-state index >= 15 is 0 Å². The van der Waals surface area contributed by atoms with Crippen molar-refractivity contribution in [2.75, 3.05) is 42.9 Å². The first-order valence-electron chi connectivity index (χ1n) is 10.4. The van der Waals surface area contributed by atoms with Crippen molar-refractivity contribution in [3.63, 3.8) is 0 Å². The molecule has 0 radical (unpaired) electrons. The minimum absolute atomic E-state index is 0.533. The van der Waals surface area contributed by atoms with Crippen LogP contribution in [0.3, 0.4) is 0 Å². The van der Waals surface area contributed by atoms with E-state index < -0.39 is 0 Å². The first-order chi connectivity index (χ1) is 14.5. The average molecular weight is 444 g/mol.